The Hall–Kier alpha value is -2.28. The number of hydrogen-bond donors (Lipinski definition) is 2. The molecule has 2 aromatic rings. The first-order chi connectivity index (χ1) is 9.54. The van der Waals surface area contributed by atoms with Crippen molar-refractivity contribution in [3.8, 4) is 0 Å². The van der Waals surface area contributed by atoms with Crippen molar-refractivity contribution in [1.82, 2.24) is 10.2 Å². The van der Waals surface area contributed by atoms with E-state index in [1.54, 1.807) is 24.3 Å². The summed E-state index contributed by atoms with van der Waals surface area (Å²) in [5.41, 5.74) is 1.33. The molecule has 0 atom stereocenters. The molecule has 104 valence electrons. The Labute approximate surface area is 120 Å². The van der Waals surface area contributed by atoms with E-state index in [2.05, 4.69) is 20.8 Å². The van der Waals surface area contributed by atoms with Crippen molar-refractivity contribution < 1.29 is 9.59 Å². The molecule has 0 radical (unpaired) electrons. The Morgan fingerprint density at radius 2 is 2.10 bits per heavy atom. The molecule has 1 amide bonds. The molecular weight excluding hydrogens is 276 g/mol. The summed E-state index contributed by atoms with van der Waals surface area (Å²) in [6.45, 7) is 3.42. The van der Waals surface area contributed by atoms with Crippen LogP contribution >= 0.6 is 11.3 Å². The van der Waals surface area contributed by atoms with Crippen LogP contribution in [-0.4, -0.2) is 28.4 Å². The van der Waals surface area contributed by atoms with Crippen LogP contribution in [0.4, 0.5) is 10.8 Å². The maximum Gasteiger partial charge on any atom is 0.245 e. The molecule has 20 heavy (non-hydrogen) atoms. The second kappa shape index (κ2) is 6.25. The zero-order chi connectivity index (χ0) is 14.5. The first-order valence-electron chi connectivity index (χ1n) is 5.99. The fourth-order valence-corrected chi connectivity index (χ4v) is 2.15. The van der Waals surface area contributed by atoms with E-state index in [-0.39, 0.29) is 18.2 Å². The van der Waals surface area contributed by atoms with Gasteiger partial charge in [-0.15, -0.1) is 10.2 Å². The standard InChI is InChI=1S/C13H14N4O2S/c1-8(18)10-4-3-5-11(6-10)14-7-12(19)15-13-17-16-9(2)20-13/h3-6,14H,7H2,1-2H3,(H,15,17,19). The normalized spacial score (nSPS) is 10.1. The molecule has 1 aromatic carbocycles. The van der Waals surface area contributed by atoms with Gasteiger partial charge in [0.05, 0.1) is 6.54 Å². The summed E-state index contributed by atoms with van der Waals surface area (Å²) in [4.78, 5) is 23.0. The topological polar surface area (TPSA) is 84.0 Å². The Balaban J connectivity index is 1.90. The van der Waals surface area contributed by atoms with E-state index in [4.69, 9.17) is 0 Å². The highest BCUT2D eigenvalue weighted by Crippen LogP contribution is 2.14. The fraction of sp³-hybridized carbons (Fsp3) is 0.231. The van der Waals surface area contributed by atoms with E-state index in [1.165, 1.54) is 18.3 Å². The number of Topliss-reactive ketones (excluding diaryl/α,β-unsaturated/α-hetero) is 1. The van der Waals surface area contributed by atoms with Crippen LogP contribution in [0.5, 0.6) is 0 Å². The average molecular weight is 290 g/mol. The summed E-state index contributed by atoms with van der Waals surface area (Å²) in [6, 6.07) is 7.02. The van der Waals surface area contributed by atoms with Crippen LogP contribution in [0.1, 0.15) is 22.3 Å². The van der Waals surface area contributed by atoms with Gasteiger partial charge in [0.15, 0.2) is 5.78 Å². The minimum atomic E-state index is -0.214. The molecule has 7 heteroatoms. The number of aromatic nitrogens is 2. The van der Waals surface area contributed by atoms with E-state index >= 15 is 0 Å². The van der Waals surface area contributed by atoms with Crippen molar-refractivity contribution >= 4 is 33.8 Å². The van der Waals surface area contributed by atoms with E-state index in [0.717, 1.165) is 10.7 Å². The lowest BCUT2D eigenvalue weighted by Gasteiger charge is -2.06. The Kier molecular flexibility index (Phi) is 4.41. The van der Waals surface area contributed by atoms with Gasteiger partial charge in [0.25, 0.3) is 0 Å². The number of carbonyl (C=O) groups excluding carboxylic acids is 2. The molecule has 0 saturated heterocycles. The van der Waals surface area contributed by atoms with Gasteiger partial charge in [-0.1, -0.05) is 23.5 Å². The molecule has 2 rings (SSSR count). The lowest BCUT2D eigenvalue weighted by atomic mass is 10.1. The number of carbonyl (C=O) groups is 2. The highest BCUT2D eigenvalue weighted by atomic mass is 32.1. The minimum Gasteiger partial charge on any atom is -0.376 e. The van der Waals surface area contributed by atoms with Crippen LogP contribution in [0.25, 0.3) is 0 Å². The van der Waals surface area contributed by atoms with Crippen molar-refractivity contribution in [2.75, 3.05) is 17.2 Å². The highest BCUT2D eigenvalue weighted by Gasteiger charge is 2.06. The summed E-state index contributed by atoms with van der Waals surface area (Å²) in [7, 11) is 0. The second-order valence-electron chi connectivity index (χ2n) is 4.16. The van der Waals surface area contributed by atoms with Gasteiger partial charge in [0, 0.05) is 11.3 Å². The molecule has 0 aliphatic carbocycles. The maximum absolute atomic E-state index is 11.7. The quantitative estimate of drug-likeness (QED) is 0.824. The molecular formula is C13H14N4O2S. The zero-order valence-corrected chi connectivity index (χ0v) is 12.0. The molecule has 0 spiro atoms. The first kappa shape index (κ1) is 14.1. The predicted octanol–water partition coefficient (Wildman–Crippen LogP) is 2.10. The van der Waals surface area contributed by atoms with Gasteiger partial charge in [-0.3, -0.25) is 14.9 Å². The number of amides is 1. The molecule has 1 aromatic heterocycles. The second-order valence-corrected chi connectivity index (χ2v) is 5.35. The molecule has 1 heterocycles. The number of anilines is 2. The van der Waals surface area contributed by atoms with E-state index < -0.39 is 0 Å². The van der Waals surface area contributed by atoms with Crippen molar-refractivity contribution in [1.29, 1.82) is 0 Å². The Morgan fingerprint density at radius 3 is 2.75 bits per heavy atom. The van der Waals surface area contributed by atoms with Crippen LogP contribution in [0.15, 0.2) is 24.3 Å². The summed E-state index contributed by atoms with van der Waals surface area (Å²) in [5.74, 6) is -0.225. The number of nitrogens with one attached hydrogen (secondary N) is 2. The van der Waals surface area contributed by atoms with Gasteiger partial charge >= 0.3 is 0 Å². The van der Waals surface area contributed by atoms with E-state index in [1.807, 2.05) is 6.92 Å². The Bertz CT molecular complexity index is 639. The highest BCUT2D eigenvalue weighted by molar-refractivity contribution is 7.15. The van der Waals surface area contributed by atoms with Crippen LogP contribution < -0.4 is 10.6 Å². The van der Waals surface area contributed by atoms with Crippen molar-refractivity contribution in [2.45, 2.75) is 13.8 Å². The SMILES string of the molecule is CC(=O)c1cccc(NCC(=O)Nc2nnc(C)s2)c1. The van der Waals surface area contributed by atoms with Crippen molar-refractivity contribution in [3.05, 3.63) is 34.8 Å². The number of aryl methyl sites for hydroxylation is 1. The van der Waals surface area contributed by atoms with Crippen molar-refractivity contribution in [3.63, 3.8) is 0 Å². The number of benzene rings is 1. The molecule has 0 aliphatic heterocycles. The maximum atomic E-state index is 11.7. The number of hydrogen-bond acceptors (Lipinski definition) is 6. The minimum absolute atomic E-state index is 0.0116. The number of nitrogens with zero attached hydrogens (tertiary/aromatic N) is 2. The van der Waals surface area contributed by atoms with E-state index in [9.17, 15) is 9.59 Å². The number of ketones is 1. The zero-order valence-electron chi connectivity index (χ0n) is 11.1. The third kappa shape index (κ3) is 3.86. The largest absolute Gasteiger partial charge is 0.376 e. The lowest BCUT2D eigenvalue weighted by Crippen LogP contribution is -2.21. The smallest absolute Gasteiger partial charge is 0.245 e. The monoisotopic (exact) mass is 290 g/mol. The molecule has 0 bridgehead atoms. The summed E-state index contributed by atoms with van der Waals surface area (Å²) in [6.07, 6.45) is 0. The Morgan fingerprint density at radius 1 is 1.30 bits per heavy atom. The first-order valence-corrected chi connectivity index (χ1v) is 6.81. The van der Waals surface area contributed by atoms with Gasteiger partial charge in [0.1, 0.15) is 5.01 Å². The fourth-order valence-electron chi connectivity index (χ4n) is 1.54. The molecule has 0 aliphatic rings. The van der Waals surface area contributed by atoms with Gasteiger partial charge in [0.2, 0.25) is 11.0 Å². The summed E-state index contributed by atoms with van der Waals surface area (Å²) >= 11 is 1.32. The van der Waals surface area contributed by atoms with Gasteiger partial charge in [-0.25, -0.2) is 0 Å². The molecule has 2 N–H and O–H groups in total. The van der Waals surface area contributed by atoms with Crippen LogP contribution in [0, 0.1) is 6.92 Å². The molecule has 0 saturated carbocycles. The van der Waals surface area contributed by atoms with Crippen molar-refractivity contribution in [2.24, 2.45) is 0 Å². The van der Waals surface area contributed by atoms with Crippen LogP contribution in [0.3, 0.4) is 0 Å². The molecule has 0 fully saturated rings. The van der Waals surface area contributed by atoms with Crippen LogP contribution in [-0.2, 0) is 4.79 Å². The molecule has 0 unspecified atom stereocenters. The predicted molar refractivity (Wildman–Crippen MR) is 78.2 cm³/mol. The van der Waals surface area contributed by atoms with Crippen LogP contribution in [0.2, 0.25) is 0 Å². The number of rotatable bonds is 5. The van der Waals surface area contributed by atoms with E-state index in [0.29, 0.717) is 10.7 Å². The van der Waals surface area contributed by atoms with Gasteiger partial charge < -0.3 is 5.32 Å². The lowest BCUT2D eigenvalue weighted by molar-refractivity contribution is -0.114. The summed E-state index contributed by atoms with van der Waals surface area (Å²) in [5, 5.41) is 14.5. The average Bonchev–Trinajstić information content (AvgIpc) is 2.82. The third-order valence-corrected chi connectivity index (χ3v) is 3.25. The summed E-state index contributed by atoms with van der Waals surface area (Å²) < 4.78 is 0. The third-order valence-electron chi connectivity index (χ3n) is 2.49. The van der Waals surface area contributed by atoms with Gasteiger partial charge in [-0.05, 0) is 26.0 Å². The van der Waals surface area contributed by atoms with Gasteiger partial charge in [-0.2, -0.15) is 0 Å². The molecule has 6 nitrogen and oxygen atoms in total.